The van der Waals surface area contributed by atoms with Crippen LogP contribution in [-0.4, -0.2) is 64.4 Å². The number of likely N-dealkylation sites (tertiary alicyclic amines) is 2. The number of benzene rings is 1. The monoisotopic (exact) mass is 507 g/mol. The predicted molar refractivity (Wildman–Crippen MR) is 147 cm³/mol. The number of carbonyl (C=O) groups excluding carboxylic acids is 2. The highest BCUT2D eigenvalue weighted by atomic mass is 16.2. The number of carbonyl (C=O) groups is 2. The lowest BCUT2D eigenvalue weighted by Crippen LogP contribution is -2.58. The zero-order valence-electron chi connectivity index (χ0n) is 22.3. The van der Waals surface area contributed by atoms with E-state index in [1.165, 1.54) is 0 Å². The maximum absolute atomic E-state index is 13.8. The van der Waals surface area contributed by atoms with Crippen LogP contribution in [0.2, 0.25) is 0 Å². The topological polar surface area (TPSA) is 121 Å². The summed E-state index contributed by atoms with van der Waals surface area (Å²) in [5, 5.41) is 0. The summed E-state index contributed by atoms with van der Waals surface area (Å²) in [6.07, 6.45) is 10.9. The summed E-state index contributed by atoms with van der Waals surface area (Å²) in [6, 6.07) is 5.86. The van der Waals surface area contributed by atoms with Crippen molar-refractivity contribution in [2.45, 2.75) is 102 Å². The third-order valence-corrected chi connectivity index (χ3v) is 8.65. The summed E-state index contributed by atoms with van der Waals surface area (Å²) in [7, 11) is 0. The second kappa shape index (κ2) is 10.3. The van der Waals surface area contributed by atoms with E-state index in [-0.39, 0.29) is 35.8 Å². The van der Waals surface area contributed by atoms with E-state index in [1.54, 1.807) is 6.07 Å². The fraction of sp³-hybridized carbons (Fsp3) is 0.643. The van der Waals surface area contributed by atoms with Crippen molar-refractivity contribution in [3.63, 3.8) is 0 Å². The zero-order chi connectivity index (χ0) is 26.2. The van der Waals surface area contributed by atoms with Crippen LogP contribution in [0.3, 0.4) is 0 Å². The number of hydrogen-bond donors (Lipinski definition) is 2. The van der Waals surface area contributed by atoms with E-state index in [9.17, 15) is 9.59 Å². The first-order valence-corrected chi connectivity index (χ1v) is 14.1. The Kier molecular flexibility index (Phi) is 7.14. The van der Waals surface area contributed by atoms with Gasteiger partial charge >= 0.3 is 0 Å². The number of hydrogen-bond acceptors (Lipinski definition) is 7. The van der Waals surface area contributed by atoms with Crippen molar-refractivity contribution < 1.29 is 9.59 Å². The molecule has 2 atom stereocenters. The minimum atomic E-state index is -0.646. The molecule has 1 aliphatic carbocycles. The van der Waals surface area contributed by atoms with E-state index in [0.29, 0.717) is 16.8 Å². The van der Waals surface area contributed by atoms with E-state index in [2.05, 4.69) is 18.8 Å². The van der Waals surface area contributed by atoms with E-state index in [1.807, 2.05) is 26.8 Å². The Morgan fingerprint density at radius 2 is 1.35 bits per heavy atom. The number of piperidine rings is 2. The number of anilines is 1. The summed E-state index contributed by atoms with van der Waals surface area (Å²) < 4.78 is 0. The standard InChI is InChI=1S/C28H41N7O2/c1-19-10-4-8-14-33(19)24(36)21-16-22(25(37)34-15-9-5-11-20(34)2)18-23(17-21)35-27(30)31-26(29)32-28(35)12-6-3-7-13-28/h16-20H,3-15H2,1-2H3,(H4,29,30,31,32). The minimum Gasteiger partial charge on any atom is -0.369 e. The molecule has 2 saturated heterocycles. The number of nitrogens with two attached hydrogens (primary N) is 2. The van der Waals surface area contributed by atoms with Gasteiger partial charge in [0.2, 0.25) is 11.9 Å². The molecule has 0 radical (unpaired) electrons. The first-order chi connectivity index (χ1) is 17.8. The van der Waals surface area contributed by atoms with Crippen LogP contribution in [0, 0.1) is 0 Å². The molecule has 2 unspecified atom stereocenters. The highest BCUT2D eigenvalue weighted by molar-refractivity contribution is 6.08. The van der Waals surface area contributed by atoms with Crippen molar-refractivity contribution >= 4 is 29.4 Å². The normalized spacial score (nSPS) is 26.1. The highest BCUT2D eigenvalue weighted by Gasteiger charge is 2.43. The Morgan fingerprint density at radius 3 is 1.86 bits per heavy atom. The number of nitrogens with zero attached hydrogens (tertiary/aromatic N) is 5. The van der Waals surface area contributed by atoms with Crippen LogP contribution in [0.1, 0.15) is 105 Å². The molecule has 1 aromatic carbocycles. The number of aliphatic imine (C=N–C) groups is 2. The van der Waals surface area contributed by atoms with Crippen LogP contribution < -0.4 is 16.4 Å². The van der Waals surface area contributed by atoms with Crippen LogP contribution in [0.15, 0.2) is 28.2 Å². The van der Waals surface area contributed by atoms with Gasteiger partial charge in [-0.1, -0.05) is 6.42 Å². The molecule has 1 aromatic rings. The van der Waals surface area contributed by atoms with Gasteiger partial charge in [-0.3, -0.25) is 14.5 Å². The van der Waals surface area contributed by atoms with Gasteiger partial charge in [-0.2, -0.15) is 4.99 Å². The Labute approximate surface area is 220 Å². The van der Waals surface area contributed by atoms with Gasteiger partial charge in [0.05, 0.1) is 0 Å². The molecule has 3 aliphatic heterocycles. The molecule has 4 N–H and O–H groups in total. The first-order valence-electron chi connectivity index (χ1n) is 14.1. The quantitative estimate of drug-likeness (QED) is 0.644. The van der Waals surface area contributed by atoms with Crippen LogP contribution in [0.5, 0.6) is 0 Å². The third-order valence-electron chi connectivity index (χ3n) is 8.65. The molecule has 3 fully saturated rings. The van der Waals surface area contributed by atoms with E-state index in [0.717, 1.165) is 83.7 Å². The molecule has 200 valence electrons. The Balaban J connectivity index is 1.60. The second-order valence-electron chi connectivity index (χ2n) is 11.3. The largest absolute Gasteiger partial charge is 0.369 e. The van der Waals surface area contributed by atoms with E-state index < -0.39 is 5.66 Å². The summed E-state index contributed by atoms with van der Waals surface area (Å²) >= 11 is 0. The lowest BCUT2D eigenvalue weighted by Gasteiger charge is -2.46. The van der Waals surface area contributed by atoms with Crippen molar-refractivity contribution in [2.75, 3.05) is 18.0 Å². The van der Waals surface area contributed by atoms with Gasteiger partial charge in [-0.15, -0.1) is 0 Å². The van der Waals surface area contributed by atoms with Gasteiger partial charge in [0.15, 0.2) is 0 Å². The lowest BCUT2D eigenvalue weighted by molar-refractivity contribution is 0.0634. The molecule has 9 heteroatoms. The van der Waals surface area contributed by atoms with Crippen LogP contribution in [-0.2, 0) is 0 Å². The first kappa shape index (κ1) is 25.5. The molecule has 1 spiro atoms. The number of amides is 2. The molecule has 9 nitrogen and oxygen atoms in total. The maximum atomic E-state index is 13.8. The van der Waals surface area contributed by atoms with Crippen molar-refractivity contribution in [3.8, 4) is 0 Å². The summed E-state index contributed by atoms with van der Waals surface area (Å²) in [4.78, 5) is 42.6. The Morgan fingerprint density at radius 1 is 0.811 bits per heavy atom. The molecule has 37 heavy (non-hydrogen) atoms. The molecule has 3 heterocycles. The van der Waals surface area contributed by atoms with E-state index >= 15 is 0 Å². The summed E-state index contributed by atoms with van der Waals surface area (Å²) in [5.74, 6) is 0.365. The molecular formula is C28H41N7O2. The Hall–Kier alpha value is -3.10. The lowest BCUT2D eigenvalue weighted by atomic mass is 9.87. The highest BCUT2D eigenvalue weighted by Crippen LogP contribution is 2.40. The van der Waals surface area contributed by atoms with Crippen molar-refractivity contribution in [1.29, 1.82) is 0 Å². The SMILES string of the molecule is CC1CCCCN1C(=O)c1cc(C(=O)N2CCCCC2C)cc(N2C(N)=NC(N)=NC23CCCCC3)c1. The molecule has 4 aliphatic rings. The maximum Gasteiger partial charge on any atom is 0.254 e. The molecule has 0 aromatic heterocycles. The van der Waals surface area contributed by atoms with Gasteiger partial charge in [-0.25, -0.2) is 4.99 Å². The molecule has 0 bridgehead atoms. The molecule has 5 rings (SSSR count). The van der Waals surface area contributed by atoms with Gasteiger partial charge in [0.25, 0.3) is 11.8 Å². The minimum absolute atomic E-state index is 0.0389. The molecule has 2 amide bonds. The zero-order valence-corrected chi connectivity index (χ0v) is 22.3. The average molecular weight is 508 g/mol. The third kappa shape index (κ3) is 4.92. The van der Waals surface area contributed by atoms with Crippen molar-refractivity contribution in [3.05, 3.63) is 29.3 Å². The average Bonchev–Trinajstić information content (AvgIpc) is 2.88. The number of guanidine groups is 2. The van der Waals surface area contributed by atoms with Crippen molar-refractivity contribution in [1.82, 2.24) is 9.80 Å². The Bertz CT molecular complexity index is 1060. The number of rotatable bonds is 3. The van der Waals surface area contributed by atoms with Crippen molar-refractivity contribution in [2.24, 2.45) is 21.5 Å². The summed E-state index contributed by atoms with van der Waals surface area (Å²) in [5.41, 5.74) is 13.7. The predicted octanol–water partition coefficient (Wildman–Crippen LogP) is 3.83. The van der Waals surface area contributed by atoms with Gasteiger partial charge in [-0.05, 0) is 96.3 Å². The van der Waals surface area contributed by atoms with Crippen LogP contribution >= 0.6 is 0 Å². The van der Waals surface area contributed by atoms with E-state index in [4.69, 9.17) is 16.5 Å². The van der Waals surface area contributed by atoms with Gasteiger partial charge in [0, 0.05) is 42.0 Å². The fourth-order valence-corrected chi connectivity index (χ4v) is 6.61. The van der Waals surface area contributed by atoms with Crippen LogP contribution in [0.4, 0.5) is 5.69 Å². The fourth-order valence-electron chi connectivity index (χ4n) is 6.61. The second-order valence-corrected chi connectivity index (χ2v) is 11.3. The van der Waals surface area contributed by atoms with Gasteiger partial charge < -0.3 is 21.3 Å². The molecule has 1 saturated carbocycles. The smallest absolute Gasteiger partial charge is 0.254 e. The molecular weight excluding hydrogens is 466 g/mol. The summed E-state index contributed by atoms with van der Waals surface area (Å²) in [6.45, 7) is 5.67. The van der Waals surface area contributed by atoms with Gasteiger partial charge in [0.1, 0.15) is 5.66 Å². The van der Waals surface area contributed by atoms with Crippen LogP contribution in [0.25, 0.3) is 0 Å².